The third kappa shape index (κ3) is 4.08. The fourth-order valence-corrected chi connectivity index (χ4v) is 3.92. The summed E-state index contributed by atoms with van der Waals surface area (Å²) in [6.45, 7) is 8.72. The smallest absolute Gasteiger partial charge is 0.322 e. The van der Waals surface area contributed by atoms with E-state index in [2.05, 4.69) is 41.4 Å². The molecule has 0 saturated heterocycles. The van der Waals surface area contributed by atoms with Crippen molar-refractivity contribution in [2.24, 2.45) is 0 Å². The fourth-order valence-electron chi connectivity index (χ4n) is 3.79. The Morgan fingerprint density at radius 3 is 2.52 bits per heavy atom. The van der Waals surface area contributed by atoms with Gasteiger partial charge in [-0.3, -0.25) is 4.90 Å². The molecule has 160 valence electrons. The summed E-state index contributed by atoms with van der Waals surface area (Å²) < 4.78 is 5.70. The zero-order valence-corrected chi connectivity index (χ0v) is 18.8. The van der Waals surface area contributed by atoms with Crippen molar-refractivity contribution in [3.05, 3.63) is 75.8 Å². The van der Waals surface area contributed by atoms with E-state index in [-0.39, 0.29) is 12.1 Å². The molecule has 3 aromatic rings. The third-order valence-electron chi connectivity index (χ3n) is 5.67. The number of carbonyl (C=O) groups excluding carboxylic acids is 1. The van der Waals surface area contributed by atoms with E-state index in [1.807, 2.05) is 32.0 Å². The van der Waals surface area contributed by atoms with Crippen molar-refractivity contribution in [1.82, 2.24) is 20.4 Å². The molecule has 6 nitrogen and oxygen atoms in total. The number of allylic oxidation sites excluding steroid dienone is 1. The van der Waals surface area contributed by atoms with Gasteiger partial charge in [-0.1, -0.05) is 41.9 Å². The van der Waals surface area contributed by atoms with E-state index in [0.29, 0.717) is 23.3 Å². The largest absolute Gasteiger partial charge is 0.334 e. The monoisotopic (exact) mass is 436 g/mol. The molecular formula is C24H25ClN4O2. The second kappa shape index (κ2) is 8.55. The Hall–Kier alpha value is -3.12. The average molecular weight is 437 g/mol. The van der Waals surface area contributed by atoms with E-state index < -0.39 is 0 Å². The zero-order valence-electron chi connectivity index (χ0n) is 18.1. The number of rotatable bonds is 5. The Morgan fingerprint density at radius 1 is 1.10 bits per heavy atom. The summed E-state index contributed by atoms with van der Waals surface area (Å²) in [4.78, 5) is 19.3. The minimum atomic E-state index is -0.376. The maximum absolute atomic E-state index is 12.9. The van der Waals surface area contributed by atoms with Gasteiger partial charge in [-0.25, -0.2) is 4.79 Å². The molecule has 0 radical (unpaired) electrons. The van der Waals surface area contributed by atoms with Crippen LogP contribution in [0, 0.1) is 13.8 Å². The highest BCUT2D eigenvalue weighted by molar-refractivity contribution is 6.30. The lowest BCUT2D eigenvalue weighted by atomic mass is 9.92. The second-order valence-electron chi connectivity index (χ2n) is 7.81. The molecule has 2 aromatic carbocycles. The molecule has 1 aromatic heterocycles. The van der Waals surface area contributed by atoms with Crippen LogP contribution in [-0.4, -0.2) is 27.6 Å². The molecule has 1 atom stereocenters. The molecule has 4 rings (SSSR count). The summed E-state index contributed by atoms with van der Waals surface area (Å²) in [7, 11) is 0. The minimum absolute atomic E-state index is 0.122. The van der Waals surface area contributed by atoms with Gasteiger partial charge >= 0.3 is 6.03 Å². The first kappa shape index (κ1) is 21.1. The quantitative estimate of drug-likeness (QED) is 0.539. The zero-order chi connectivity index (χ0) is 22.1. The number of aryl methyl sites for hydroxylation is 2. The number of benzene rings is 2. The molecule has 0 fully saturated rings. The van der Waals surface area contributed by atoms with E-state index >= 15 is 0 Å². The maximum atomic E-state index is 12.9. The van der Waals surface area contributed by atoms with Gasteiger partial charge < -0.3 is 9.84 Å². The Kier molecular flexibility index (Phi) is 5.83. The van der Waals surface area contributed by atoms with E-state index in [9.17, 15) is 4.79 Å². The number of halogens is 1. The number of nitrogens with zero attached hydrogens (tertiary/aromatic N) is 3. The van der Waals surface area contributed by atoms with Crippen LogP contribution < -0.4 is 5.32 Å². The van der Waals surface area contributed by atoms with Crippen molar-refractivity contribution >= 4 is 23.2 Å². The van der Waals surface area contributed by atoms with Gasteiger partial charge in [0.05, 0.1) is 11.6 Å². The van der Waals surface area contributed by atoms with Gasteiger partial charge in [-0.05, 0) is 68.1 Å². The molecule has 1 aliphatic heterocycles. The Labute approximate surface area is 186 Å². The van der Waals surface area contributed by atoms with Crippen molar-refractivity contribution in [3.8, 4) is 11.4 Å². The Bertz CT molecular complexity index is 1150. The molecule has 0 aliphatic carbocycles. The van der Waals surface area contributed by atoms with Gasteiger partial charge in [0.15, 0.2) is 0 Å². The Balaban J connectivity index is 1.82. The summed E-state index contributed by atoms with van der Waals surface area (Å²) in [5.41, 5.74) is 5.78. The van der Waals surface area contributed by atoms with Crippen molar-refractivity contribution < 1.29 is 9.32 Å². The van der Waals surface area contributed by atoms with Crippen LogP contribution in [0.3, 0.4) is 0 Å². The summed E-state index contributed by atoms with van der Waals surface area (Å²) >= 11 is 6.00. The van der Waals surface area contributed by atoms with E-state index in [0.717, 1.165) is 34.4 Å². The molecule has 2 heterocycles. The second-order valence-corrected chi connectivity index (χ2v) is 8.24. The lowest BCUT2D eigenvalue weighted by Gasteiger charge is -2.35. The Morgan fingerprint density at radius 2 is 1.84 bits per heavy atom. The number of hydrogen-bond acceptors (Lipinski definition) is 4. The van der Waals surface area contributed by atoms with Gasteiger partial charge in [0.1, 0.15) is 0 Å². The highest BCUT2D eigenvalue weighted by atomic mass is 35.5. The fraction of sp³-hybridized carbons (Fsp3) is 0.292. The molecule has 1 unspecified atom stereocenters. The summed E-state index contributed by atoms with van der Waals surface area (Å²) in [6, 6.07) is 13.0. The van der Waals surface area contributed by atoms with Gasteiger partial charge in [0.25, 0.3) is 5.89 Å². The van der Waals surface area contributed by atoms with Gasteiger partial charge in [0, 0.05) is 22.8 Å². The van der Waals surface area contributed by atoms with Gasteiger partial charge in [0.2, 0.25) is 5.82 Å². The van der Waals surface area contributed by atoms with Gasteiger partial charge in [-0.15, -0.1) is 0 Å². The normalized spacial score (nSPS) is 16.6. The van der Waals surface area contributed by atoms with Gasteiger partial charge in [-0.2, -0.15) is 4.98 Å². The first-order valence-electron chi connectivity index (χ1n) is 10.3. The van der Waals surface area contributed by atoms with Crippen molar-refractivity contribution in [1.29, 1.82) is 0 Å². The molecule has 1 N–H and O–H groups in total. The van der Waals surface area contributed by atoms with Crippen LogP contribution in [0.1, 0.15) is 48.9 Å². The lowest BCUT2D eigenvalue weighted by molar-refractivity contribution is 0.205. The van der Waals surface area contributed by atoms with Crippen LogP contribution in [0.15, 0.2) is 52.7 Å². The number of nitrogens with one attached hydrogen (secondary N) is 1. The topological polar surface area (TPSA) is 71.3 Å². The number of amides is 2. The van der Waals surface area contributed by atoms with Crippen LogP contribution in [0.25, 0.3) is 17.0 Å². The average Bonchev–Trinajstić information content (AvgIpc) is 3.23. The summed E-state index contributed by atoms with van der Waals surface area (Å²) in [5, 5.41) is 7.96. The first-order valence-corrected chi connectivity index (χ1v) is 10.7. The highest BCUT2D eigenvalue weighted by Gasteiger charge is 2.35. The predicted octanol–water partition coefficient (Wildman–Crippen LogP) is 5.91. The lowest BCUT2D eigenvalue weighted by Crippen LogP contribution is -2.46. The van der Waals surface area contributed by atoms with Crippen LogP contribution in [0.4, 0.5) is 4.79 Å². The standard InChI is InChI=1S/C24H25ClN4O2/c1-5-12-29-16(4)20(21(26-24(29)30)18-7-6-14(2)15(3)13-18)23-27-22(28-31-23)17-8-10-19(25)11-9-17/h6-11,13,21H,5,12H2,1-4H3,(H,26,30). The molecular weight excluding hydrogens is 412 g/mol. The molecule has 1 aliphatic rings. The van der Waals surface area contributed by atoms with Crippen LogP contribution >= 0.6 is 11.6 Å². The molecule has 0 saturated carbocycles. The number of urea groups is 1. The number of hydrogen-bond donors (Lipinski definition) is 1. The molecule has 31 heavy (non-hydrogen) atoms. The van der Waals surface area contributed by atoms with Crippen LogP contribution in [-0.2, 0) is 0 Å². The van der Waals surface area contributed by atoms with E-state index in [1.165, 1.54) is 5.56 Å². The molecule has 2 amide bonds. The third-order valence-corrected chi connectivity index (χ3v) is 5.92. The molecule has 0 bridgehead atoms. The molecule has 7 heteroatoms. The maximum Gasteiger partial charge on any atom is 0.322 e. The van der Waals surface area contributed by atoms with E-state index in [4.69, 9.17) is 16.1 Å². The molecule has 0 spiro atoms. The van der Waals surface area contributed by atoms with Crippen molar-refractivity contribution in [2.45, 2.75) is 40.2 Å². The van der Waals surface area contributed by atoms with Crippen molar-refractivity contribution in [2.75, 3.05) is 6.54 Å². The van der Waals surface area contributed by atoms with Crippen LogP contribution in [0.2, 0.25) is 5.02 Å². The predicted molar refractivity (Wildman–Crippen MR) is 122 cm³/mol. The van der Waals surface area contributed by atoms with Crippen LogP contribution in [0.5, 0.6) is 0 Å². The minimum Gasteiger partial charge on any atom is -0.334 e. The summed E-state index contributed by atoms with van der Waals surface area (Å²) in [5.74, 6) is 0.872. The number of aromatic nitrogens is 2. The number of carbonyl (C=O) groups is 1. The van der Waals surface area contributed by atoms with E-state index in [1.54, 1.807) is 17.0 Å². The first-order chi connectivity index (χ1) is 14.9. The highest BCUT2D eigenvalue weighted by Crippen LogP contribution is 2.37. The van der Waals surface area contributed by atoms with Crippen molar-refractivity contribution in [3.63, 3.8) is 0 Å². The SMILES string of the molecule is CCCN1C(=O)NC(c2ccc(C)c(C)c2)C(c2nc(-c3ccc(Cl)cc3)no2)=C1C. The summed E-state index contributed by atoms with van der Waals surface area (Å²) in [6.07, 6.45) is 0.839.